The maximum absolute atomic E-state index is 12.7. The maximum atomic E-state index is 12.7. The molecule has 0 unspecified atom stereocenters. The van der Waals surface area contributed by atoms with E-state index in [9.17, 15) is 9.59 Å². The Morgan fingerprint density at radius 3 is 2.60 bits per heavy atom. The fraction of sp³-hybridized carbons (Fsp3) is 0.444. The first-order valence-electron chi connectivity index (χ1n) is 8.47. The second kappa shape index (κ2) is 6.22. The first-order valence-corrected chi connectivity index (χ1v) is 9.29. The molecular formula is C18H20N4O2S. The van der Waals surface area contributed by atoms with Crippen molar-refractivity contribution >= 4 is 23.2 Å². The normalized spacial score (nSPS) is 16.5. The average Bonchev–Trinajstić information content (AvgIpc) is 3.39. The van der Waals surface area contributed by atoms with Crippen LogP contribution in [-0.2, 0) is 13.0 Å². The van der Waals surface area contributed by atoms with Gasteiger partial charge in [0.25, 0.3) is 11.8 Å². The summed E-state index contributed by atoms with van der Waals surface area (Å²) < 4.78 is 0. The second-order valence-electron chi connectivity index (χ2n) is 6.84. The summed E-state index contributed by atoms with van der Waals surface area (Å²) in [5, 5.41) is 0. The first kappa shape index (κ1) is 16.2. The lowest BCUT2D eigenvalue weighted by Crippen LogP contribution is -2.35. The monoisotopic (exact) mass is 356 g/mol. The summed E-state index contributed by atoms with van der Waals surface area (Å²) in [5.41, 5.74) is 1.61. The van der Waals surface area contributed by atoms with E-state index in [4.69, 9.17) is 0 Å². The van der Waals surface area contributed by atoms with Crippen molar-refractivity contribution in [3.63, 3.8) is 0 Å². The standard InChI is InChI=1S/C18H20N4O2S/c1-21(2)18(24)15-7-12-10-22(6-5-14(12)25-15)17(23)13-8-19-16(20-9-13)11-3-4-11/h7-9,11H,3-6,10H2,1-2H3. The van der Waals surface area contributed by atoms with Gasteiger partial charge in [-0.2, -0.15) is 0 Å². The minimum atomic E-state index is -0.0420. The summed E-state index contributed by atoms with van der Waals surface area (Å²) in [6.07, 6.45) is 6.37. The molecule has 0 saturated heterocycles. The highest BCUT2D eigenvalue weighted by molar-refractivity contribution is 7.14. The van der Waals surface area contributed by atoms with Crippen molar-refractivity contribution in [1.29, 1.82) is 0 Å². The molecule has 2 aliphatic rings. The van der Waals surface area contributed by atoms with Gasteiger partial charge in [0.15, 0.2) is 0 Å². The lowest BCUT2D eigenvalue weighted by molar-refractivity contribution is 0.0734. The van der Waals surface area contributed by atoms with E-state index >= 15 is 0 Å². The van der Waals surface area contributed by atoms with Gasteiger partial charge in [-0.15, -0.1) is 11.3 Å². The van der Waals surface area contributed by atoms with Crippen LogP contribution in [0.3, 0.4) is 0 Å². The molecule has 25 heavy (non-hydrogen) atoms. The molecule has 4 rings (SSSR count). The molecule has 7 heteroatoms. The third kappa shape index (κ3) is 3.16. The Balaban J connectivity index is 1.49. The van der Waals surface area contributed by atoms with Gasteiger partial charge in [0, 0.05) is 50.4 Å². The molecular weight excluding hydrogens is 336 g/mol. The summed E-state index contributed by atoms with van der Waals surface area (Å²) in [6, 6.07) is 1.93. The number of aromatic nitrogens is 2. The number of carbonyl (C=O) groups is 2. The van der Waals surface area contributed by atoms with E-state index < -0.39 is 0 Å². The zero-order chi connectivity index (χ0) is 17.6. The van der Waals surface area contributed by atoms with Gasteiger partial charge in [-0.1, -0.05) is 0 Å². The topological polar surface area (TPSA) is 66.4 Å². The molecule has 1 saturated carbocycles. The van der Waals surface area contributed by atoms with Gasteiger partial charge in [-0.25, -0.2) is 9.97 Å². The average molecular weight is 356 g/mol. The van der Waals surface area contributed by atoms with Crippen LogP contribution in [0.5, 0.6) is 0 Å². The summed E-state index contributed by atoms with van der Waals surface area (Å²) in [4.78, 5) is 38.9. The molecule has 2 aromatic rings. The number of hydrogen-bond donors (Lipinski definition) is 0. The molecule has 0 atom stereocenters. The highest BCUT2D eigenvalue weighted by Gasteiger charge is 2.28. The number of hydrogen-bond acceptors (Lipinski definition) is 5. The first-order chi connectivity index (χ1) is 12.0. The van der Waals surface area contributed by atoms with Crippen molar-refractivity contribution in [2.24, 2.45) is 0 Å². The summed E-state index contributed by atoms with van der Waals surface area (Å²) in [5.74, 6) is 1.31. The Morgan fingerprint density at radius 2 is 1.96 bits per heavy atom. The highest BCUT2D eigenvalue weighted by Crippen LogP contribution is 2.37. The third-order valence-corrected chi connectivity index (χ3v) is 5.86. The van der Waals surface area contributed by atoms with Crippen LogP contribution in [0.25, 0.3) is 0 Å². The Morgan fingerprint density at radius 1 is 1.24 bits per heavy atom. The molecule has 1 aliphatic carbocycles. The predicted octanol–water partition coefficient (Wildman–Crippen LogP) is 2.32. The quantitative estimate of drug-likeness (QED) is 0.846. The van der Waals surface area contributed by atoms with Gasteiger partial charge in [0.2, 0.25) is 0 Å². The van der Waals surface area contributed by atoms with Gasteiger partial charge in [0.05, 0.1) is 10.4 Å². The summed E-state index contributed by atoms with van der Waals surface area (Å²) >= 11 is 1.54. The van der Waals surface area contributed by atoms with E-state index in [0.717, 1.165) is 35.5 Å². The molecule has 130 valence electrons. The van der Waals surface area contributed by atoms with Gasteiger partial charge in [-0.3, -0.25) is 9.59 Å². The van der Waals surface area contributed by atoms with Crippen molar-refractivity contribution in [2.45, 2.75) is 31.7 Å². The van der Waals surface area contributed by atoms with Crippen molar-refractivity contribution in [3.05, 3.63) is 45.2 Å². The Kier molecular flexibility index (Phi) is 4.03. The molecule has 2 aromatic heterocycles. The molecule has 3 heterocycles. The van der Waals surface area contributed by atoms with E-state index in [-0.39, 0.29) is 11.8 Å². The molecule has 0 aromatic carbocycles. The lowest BCUT2D eigenvalue weighted by Gasteiger charge is -2.26. The molecule has 1 fully saturated rings. The highest BCUT2D eigenvalue weighted by atomic mass is 32.1. The van der Waals surface area contributed by atoms with Gasteiger partial charge in [0.1, 0.15) is 5.82 Å². The third-order valence-electron chi connectivity index (χ3n) is 4.63. The molecule has 0 N–H and O–H groups in total. The Hall–Kier alpha value is -2.28. The smallest absolute Gasteiger partial charge is 0.263 e. The van der Waals surface area contributed by atoms with E-state index in [0.29, 0.717) is 24.6 Å². The second-order valence-corrected chi connectivity index (χ2v) is 7.98. The molecule has 2 amide bonds. The van der Waals surface area contributed by atoms with E-state index in [1.165, 1.54) is 16.2 Å². The minimum absolute atomic E-state index is 0.0151. The van der Waals surface area contributed by atoms with Crippen LogP contribution < -0.4 is 0 Å². The zero-order valence-electron chi connectivity index (χ0n) is 14.4. The van der Waals surface area contributed by atoms with Gasteiger partial charge >= 0.3 is 0 Å². The molecule has 0 bridgehead atoms. The molecule has 1 aliphatic heterocycles. The fourth-order valence-corrected chi connectivity index (χ4v) is 4.20. The summed E-state index contributed by atoms with van der Waals surface area (Å²) in [6.45, 7) is 1.20. The Bertz CT molecular complexity index is 824. The van der Waals surface area contributed by atoms with Crippen LogP contribution in [-0.4, -0.2) is 52.2 Å². The van der Waals surface area contributed by atoms with Crippen LogP contribution in [0.2, 0.25) is 0 Å². The minimum Gasteiger partial charge on any atom is -0.344 e. The van der Waals surface area contributed by atoms with Crippen molar-refractivity contribution in [2.75, 3.05) is 20.6 Å². The van der Waals surface area contributed by atoms with E-state index in [1.807, 2.05) is 11.0 Å². The van der Waals surface area contributed by atoms with Crippen molar-refractivity contribution in [3.8, 4) is 0 Å². The number of thiophene rings is 1. The SMILES string of the molecule is CN(C)C(=O)c1cc2c(s1)CCN(C(=O)c1cnc(C3CC3)nc1)C2. The predicted molar refractivity (Wildman–Crippen MR) is 94.8 cm³/mol. The molecule has 0 radical (unpaired) electrons. The number of nitrogens with zero attached hydrogens (tertiary/aromatic N) is 4. The zero-order valence-corrected chi connectivity index (χ0v) is 15.2. The summed E-state index contributed by atoms with van der Waals surface area (Å²) in [7, 11) is 3.50. The number of carbonyl (C=O) groups excluding carboxylic acids is 2. The number of amides is 2. The maximum Gasteiger partial charge on any atom is 0.263 e. The lowest BCUT2D eigenvalue weighted by atomic mass is 10.1. The van der Waals surface area contributed by atoms with Crippen molar-refractivity contribution in [1.82, 2.24) is 19.8 Å². The van der Waals surface area contributed by atoms with Crippen LogP contribution >= 0.6 is 11.3 Å². The number of rotatable bonds is 3. The van der Waals surface area contributed by atoms with E-state index in [2.05, 4.69) is 9.97 Å². The van der Waals surface area contributed by atoms with Crippen LogP contribution in [0.4, 0.5) is 0 Å². The van der Waals surface area contributed by atoms with Crippen LogP contribution in [0, 0.1) is 0 Å². The van der Waals surface area contributed by atoms with E-state index in [1.54, 1.807) is 31.4 Å². The van der Waals surface area contributed by atoms with Gasteiger partial charge < -0.3 is 9.80 Å². The molecule has 6 nitrogen and oxygen atoms in total. The van der Waals surface area contributed by atoms with Gasteiger partial charge in [-0.05, 0) is 30.9 Å². The van der Waals surface area contributed by atoms with Crippen LogP contribution in [0.1, 0.15) is 55.1 Å². The number of fused-ring (bicyclic) bond motifs is 1. The van der Waals surface area contributed by atoms with Crippen LogP contribution in [0.15, 0.2) is 18.5 Å². The Labute approximate surface area is 150 Å². The van der Waals surface area contributed by atoms with Crippen molar-refractivity contribution < 1.29 is 9.59 Å². The fourth-order valence-electron chi connectivity index (χ4n) is 3.02. The molecule has 0 spiro atoms. The largest absolute Gasteiger partial charge is 0.344 e.